The van der Waals surface area contributed by atoms with Gasteiger partial charge in [0.05, 0.1) is 18.2 Å². The summed E-state index contributed by atoms with van der Waals surface area (Å²) in [7, 11) is 0. The predicted octanol–water partition coefficient (Wildman–Crippen LogP) is 3.56. The van der Waals surface area contributed by atoms with Gasteiger partial charge in [-0.15, -0.1) is 0 Å². The van der Waals surface area contributed by atoms with Gasteiger partial charge in [-0.3, -0.25) is 9.69 Å². The summed E-state index contributed by atoms with van der Waals surface area (Å²) in [5.74, 6) is -0.152. The maximum atomic E-state index is 12.9. The molecule has 5 nitrogen and oxygen atoms in total. The number of nitrogens with zero attached hydrogens (tertiary/aromatic N) is 3. The number of hydrogen-bond donors (Lipinski definition) is 1. The summed E-state index contributed by atoms with van der Waals surface area (Å²) in [6.45, 7) is 2.49. The van der Waals surface area contributed by atoms with E-state index in [0.717, 1.165) is 31.7 Å². The minimum Gasteiger partial charge on any atom is -0.369 e. The van der Waals surface area contributed by atoms with Crippen LogP contribution in [0.25, 0.3) is 0 Å². The molecule has 1 aromatic rings. The van der Waals surface area contributed by atoms with Crippen LogP contribution in [0.4, 0.5) is 18.9 Å². The lowest BCUT2D eigenvalue weighted by Crippen LogP contribution is -2.53. The van der Waals surface area contributed by atoms with Crippen molar-refractivity contribution in [1.82, 2.24) is 10.2 Å². The molecular formula is C21H27F3N4O. The first-order valence-corrected chi connectivity index (χ1v) is 10.2. The average molecular weight is 408 g/mol. The van der Waals surface area contributed by atoms with E-state index >= 15 is 0 Å². The molecule has 0 aromatic heterocycles. The zero-order chi connectivity index (χ0) is 20.9. The van der Waals surface area contributed by atoms with Gasteiger partial charge in [0.25, 0.3) is 0 Å². The predicted molar refractivity (Wildman–Crippen MR) is 104 cm³/mol. The van der Waals surface area contributed by atoms with Crippen molar-refractivity contribution in [3.8, 4) is 6.07 Å². The molecule has 0 radical (unpaired) electrons. The molecule has 1 amide bonds. The maximum Gasteiger partial charge on any atom is 0.416 e. The SMILES string of the molecule is N#CC1(NC(=O)CN2CCN(c3cccc(C(F)(F)F)c3)CC2)CCCCCC1. The third kappa shape index (κ3) is 5.63. The first-order chi connectivity index (χ1) is 13.8. The summed E-state index contributed by atoms with van der Waals surface area (Å²) in [6, 6.07) is 7.67. The summed E-state index contributed by atoms with van der Waals surface area (Å²) < 4.78 is 38.8. The average Bonchev–Trinajstić information content (AvgIpc) is 2.94. The van der Waals surface area contributed by atoms with Gasteiger partial charge in [-0.25, -0.2) is 0 Å². The Morgan fingerprint density at radius 3 is 2.34 bits per heavy atom. The number of hydrogen-bond acceptors (Lipinski definition) is 4. The molecule has 158 valence electrons. The molecule has 8 heteroatoms. The first kappa shape index (κ1) is 21.4. The standard InChI is InChI=1S/C21H27F3N4O/c22-21(23,24)17-6-5-7-18(14-17)28-12-10-27(11-13-28)15-19(29)26-20(16-25)8-3-1-2-4-9-20/h5-7,14H,1-4,8-13,15H2,(H,26,29). The van der Waals surface area contributed by atoms with Crippen LogP contribution < -0.4 is 10.2 Å². The van der Waals surface area contributed by atoms with Gasteiger partial charge in [0.15, 0.2) is 0 Å². The van der Waals surface area contributed by atoms with Crippen LogP contribution in [-0.4, -0.2) is 49.1 Å². The number of nitriles is 1. The van der Waals surface area contributed by atoms with Crippen LogP contribution >= 0.6 is 0 Å². The number of rotatable bonds is 4. The highest BCUT2D eigenvalue weighted by Gasteiger charge is 2.33. The van der Waals surface area contributed by atoms with Gasteiger partial charge < -0.3 is 10.2 Å². The lowest BCUT2D eigenvalue weighted by atomic mass is 9.92. The Morgan fingerprint density at radius 1 is 1.10 bits per heavy atom. The Morgan fingerprint density at radius 2 is 1.76 bits per heavy atom. The number of nitrogens with one attached hydrogen (secondary N) is 1. The second-order valence-corrected chi connectivity index (χ2v) is 7.97. The molecule has 2 fully saturated rings. The number of benzene rings is 1. The van der Waals surface area contributed by atoms with Crippen molar-refractivity contribution in [2.45, 2.75) is 50.2 Å². The quantitative estimate of drug-likeness (QED) is 0.774. The van der Waals surface area contributed by atoms with E-state index in [0.29, 0.717) is 44.7 Å². The van der Waals surface area contributed by atoms with E-state index in [9.17, 15) is 23.2 Å². The molecule has 0 atom stereocenters. The molecule has 0 bridgehead atoms. The van der Waals surface area contributed by atoms with Crippen molar-refractivity contribution in [2.75, 3.05) is 37.6 Å². The van der Waals surface area contributed by atoms with E-state index < -0.39 is 17.3 Å². The minimum atomic E-state index is -4.36. The van der Waals surface area contributed by atoms with Gasteiger partial charge in [0.2, 0.25) is 5.91 Å². The largest absolute Gasteiger partial charge is 0.416 e. The third-order valence-corrected chi connectivity index (χ3v) is 5.83. The van der Waals surface area contributed by atoms with Crippen LogP contribution in [0.15, 0.2) is 24.3 Å². The highest BCUT2D eigenvalue weighted by molar-refractivity contribution is 5.79. The Kier molecular flexibility index (Phi) is 6.68. The van der Waals surface area contributed by atoms with E-state index in [2.05, 4.69) is 11.4 Å². The van der Waals surface area contributed by atoms with E-state index in [4.69, 9.17) is 0 Å². The van der Waals surface area contributed by atoms with Crippen molar-refractivity contribution < 1.29 is 18.0 Å². The molecule has 0 spiro atoms. The molecule has 1 saturated carbocycles. The maximum absolute atomic E-state index is 12.9. The van der Waals surface area contributed by atoms with Crippen molar-refractivity contribution in [1.29, 1.82) is 5.26 Å². The molecule has 1 heterocycles. The van der Waals surface area contributed by atoms with Crippen LogP contribution in [0.2, 0.25) is 0 Å². The summed E-state index contributed by atoms with van der Waals surface area (Å²) in [6.07, 6.45) is 1.11. The van der Waals surface area contributed by atoms with Gasteiger partial charge in [-0.05, 0) is 31.0 Å². The molecule has 3 rings (SSSR count). The molecule has 29 heavy (non-hydrogen) atoms. The van der Waals surface area contributed by atoms with Crippen molar-refractivity contribution in [2.24, 2.45) is 0 Å². The second kappa shape index (κ2) is 9.04. The lowest BCUT2D eigenvalue weighted by molar-refractivity contribution is -0.137. The fourth-order valence-electron chi connectivity index (χ4n) is 4.15. The Hall–Kier alpha value is -2.27. The molecule has 2 aliphatic rings. The number of carbonyl (C=O) groups excluding carboxylic acids is 1. The molecule has 1 aliphatic carbocycles. The van der Waals surface area contributed by atoms with Crippen LogP contribution in [0.3, 0.4) is 0 Å². The van der Waals surface area contributed by atoms with Gasteiger partial charge in [-0.2, -0.15) is 18.4 Å². The van der Waals surface area contributed by atoms with Gasteiger partial charge in [-0.1, -0.05) is 31.7 Å². The number of amides is 1. The number of carbonyl (C=O) groups is 1. The molecule has 1 aliphatic heterocycles. The number of halogens is 3. The smallest absolute Gasteiger partial charge is 0.369 e. The van der Waals surface area contributed by atoms with Crippen molar-refractivity contribution in [3.05, 3.63) is 29.8 Å². The fourth-order valence-corrected chi connectivity index (χ4v) is 4.15. The van der Waals surface area contributed by atoms with Crippen LogP contribution in [-0.2, 0) is 11.0 Å². The Bertz CT molecular complexity index is 743. The second-order valence-electron chi connectivity index (χ2n) is 7.97. The highest BCUT2D eigenvalue weighted by atomic mass is 19.4. The van der Waals surface area contributed by atoms with Crippen LogP contribution in [0.5, 0.6) is 0 Å². The van der Waals surface area contributed by atoms with Crippen LogP contribution in [0, 0.1) is 11.3 Å². The topological polar surface area (TPSA) is 59.4 Å². The number of alkyl halides is 3. The van der Waals surface area contributed by atoms with E-state index in [-0.39, 0.29) is 12.5 Å². The van der Waals surface area contributed by atoms with Crippen molar-refractivity contribution >= 4 is 11.6 Å². The zero-order valence-electron chi connectivity index (χ0n) is 16.5. The highest BCUT2D eigenvalue weighted by Crippen LogP contribution is 2.32. The summed E-state index contributed by atoms with van der Waals surface area (Å²) in [5, 5.41) is 12.6. The summed E-state index contributed by atoms with van der Waals surface area (Å²) in [5.41, 5.74) is -0.860. The minimum absolute atomic E-state index is 0.152. The number of piperazine rings is 1. The molecule has 1 N–H and O–H groups in total. The van der Waals surface area contributed by atoms with Gasteiger partial charge in [0.1, 0.15) is 5.54 Å². The van der Waals surface area contributed by atoms with E-state index in [1.54, 1.807) is 6.07 Å². The third-order valence-electron chi connectivity index (χ3n) is 5.83. The molecule has 0 unspecified atom stereocenters. The first-order valence-electron chi connectivity index (χ1n) is 10.2. The summed E-state index contributed by atoms with van der Waals surface area (Å²) in [4.78, 5) is 16.4. The van der Waals surface area contributed by atoms with Crippen molar-refractivity contribution in [3.63, 3.8) is 0 Å². The summed E-state index contributed by atoms with van der Waals surface area (Å²) >= 11 is 0. The zero-order valence-corrected chi connectivity index (χ0v) is 16.5. The normalized spacial score (nSPS) is 20.6. The molecule has 1 aromatic carbocycles. The lowest BCUT2D eigenvalue weighted by Gasteiger charge is -2.36. The van der Waals surface area contributed by atoms with Gasteiger partial charge >= 0.3 is 6.18 Å². The molecule has 1 saturated heterocycles. The van der Waals surface area contributed by atoms with E-state index in [1.807, 2.05) is 9.80 Å². The molecular weight excluding hydrogens is 381 g/mol. The fraction of sp³-hybridized carbons (Fsp3) is 0.619. The van der Waals surface area contributed by atoms with Crippen LogP contribution in [0.1, 0.15) is 44.1 Å². The van der Waals surface area contributed by atoms with Gasteiger partial charge in [0, 0.05) is 31.9 Å². The van der Waals surface area contributed by atoms with E-state index in [1.165, 1.54) is 12.1 Å². The number of anilines is 1. The Balaban J connectivity index is 1.52. The monoisotopic (exact) mass is 408 g/mol. The Labute approximate surface area is 169 Å².